The molecule has 3 rings (SSSR count). The van der Waals surface area contributed by atoms with Crippen molar-refractivity contribution in [2.45, 2.75) is 12.5 Å². The summed E-state index contributed by atoms with van der Waals surface area (Å²) in [6.07, 6.45) is 6.90. The minimum Gasteiger partial charge on any atom is -0.480 e. The number of likely N-dealkylation sites (tertiary alicyclic amines) is 1. The second-order valence-corrected chi connectivity index (χ2v) is 6.41. The third-order valence-electron chi connectivity index (χ3n) is 4.14. The Hall–Kier alpha value is -3.31. The second-order valence-electron chi connectivity index (χ2n) is 6.01. The fraction of sp³-hybridized carbons (Fsp3) is 0.263. The van der Waals surface area contributed by atoms with Crippen LogP contribution in [0.15, 0.2) is 30.5 Å². The molecule has 1 saturated heterocycles. The molecule has 0 aliphatic carbocycles. The normalized spacial score (nSPS) is 17.6. The van der Waals surface area contributed by atoms with Gasteiger partial charge in [0.25, 0.3) is 11.8 Å². The van der Waals surface area contributed by atoms with E-state index in [2.05, 4.69) is 20.6 Å². The molecule has 2 heterocycles. The van der Waals surface area contributed by atoms with Gasteiger partial charge < -0.3 is 20.3 Å². The molecule has 0 bridgehead atoms. The molecule has 9 heteroatoms. The standard InChI is InChI=1S/C19H18ClN5O3/c1-3-16(26)22-13-6-4-12(5-7-13)18(27)25-9-8-14(11-25)23-19-21-10-15(20)17(24-19)28-2/h1,4-7,10,14H,8-9,11H2,2H3,(H,22,26)(H,21,23,24)/i2D3. The number of nitrogens with zero attached hydrogens (tertiary/aromatic N) is 3. The Morgan fingerprint density at radius 1 is 1.43 bits per heavy atom. The number of hydrogen-bond acceptors (Lipinski definition) is 6. The van der Waals surface area contributed by atoms with E-state index in [4.69, 9.17) is 26.9 Å². The molecule has 1 fully saturated rings. The van der Waals surface area contributed by atoms with Gasteiger partial charge in [-0.2, -0.15) is 4.98 Å². The Morgan fingerprint density at radius 3 is 2.93 bits per heavy atom. The third kappa shape index (κ3) is 4.50. The van der Waals surface area contributed by atoms with Crippen molar-refractivity contribution in [1.29, 1.82) is 0 Å². The second kappa shape index (κ2) is 8.59. The summed E-state index contributed by atoms with van der Waals surface area (Å²) >= 11 is 5.89. The molecule has 0 radical (unpaired) electrons. The zero-order chi connectivity index (χ0) is 22.6. The summed E-state index contributed by atoms with van der Waals surface area (Å²) in [5.74, 6) is 1.12. The van der Waals surface area contributed by atoms with E-state index in [-0.39, 0.29) is 28.8 Å². The first-order valence-corrected chi connectivity index (χ1v) is 8.67. The van der Waals surface area contributed by atoms with E-state index in [0.29, 0.717) is 30.8 Å². The summed E-state index contributed by atoms with van der Waals surface area (Å²) < 4.78 is 26.3. The first-order valence-electron chi connectivity index (χ1n) is 9.79. The smallest absolute Gasteiger partial charge is 0.300 e. The maximum atomic E-state index is 12.7. The molecule has 1 aliphatic rings. The van der Waals surface area contributed by atoms with Gasteiger partial charge in [-0.05, 0) is 36.6 Å². The van der Waals surface area contributed by atoms with Gasteiger partial charge in [0.1, 0.15) is 5.02 Å². The molecule has 1 atom stereocenters. The van der Waals surface area contributed by atoms with Gasteiger partial charge in [0.15, 0.2) is 0 Å². The Morgan fingerprint density at radius 2 is 2.21 bits per heavy atom. The van der Waals surface area contributed by atoms with Crippen LogP contribution in [0.1, 0.15) is 20.9 Å². The maximum Gasteiger partial charge on any atom is 0.300 e. The van der Waals surface area contributed by atoms with E-state index in [9.17, 15) is 9.59 Å². The van der Waals surface area contributed by atoms with Gasteiger partial charge in [0.05, 0.1) is 17.3 Å². The Kier molecular flexibility index (Phi) is 4.82. The molecule has 2 amide bonds. The average molecular weight is 403 g/mol. The quantitative estimate of drug-likeness (QED) is 0.743. The molecule has 1 aromatic heterocycles. The summed E-state index contributed by atoms with van der Waals surface area (Å²) in [7, 11) is -2.69. The van der Waals surface area contributed by atoms with Crippen molar-refractivity contribution in [1.82, 2.24) is 14.9 Å². The van der Waals surface area contributed by atoms with Crippen molar-refractivity contribution >= 4 is 35.1 Å². The number of hydrogen-bond donors (Lipinski definition) is 2. The van der Waals surface area contributed by atoms with Crippen LogP contribution in [-0.2, 0) is 4.79 Å². The highest BCUT2D eigenvalue weighted by Crippen LogP contribution is 2.23. The van der Waals surface area contributed by atoms with Gasteiger partial charge in [-0.3, -0.25) is 9.59 Å². The Labute approximate surface area is 171 Å². The summed E-state index contributed by atoms with van der Waals surface area (Å²) in [5.41, 5.74) is 0.964. The zero-order valence-corrected chi connectivity index (χ0v) is 15.4. The van der Waals surface area contributed by atoms with Gasteiger partial charge in [-0.1, -0.05) is 11.6 Å². The third-order valence-corrected chi connectivity index (χ3v) is 4.40. The zero-order valence-electron chi connectivity index (χ0n) is 17.6. The highest BCUT2D eigenvalue weighted by atomic mass is 35.5. The fourth-order valence-corrected chi connectivity index (χ4v) is 2.91. The van der Waals surface area contributed by atoms with Crippen LogP contribution in [0.2, 0.25) is 5.02 Å². The van der Waals surface area contributed by atoms with E-state index < -0.39 is 12.9 Å². The molecular formula is C19H18ClN5O3. The van der Waals surface area contributed by atoms with Crippen LogP contribution >= 0.6 is 11.6 Å². The molecule has 1 unspecified atom stereocenters. The average Bonchev–Trinajstić information content (AvgIpc) is 3.18. The monoisotopic (exact) mass is 402 g/mol. The molecule has 8 nitrogen and oxygen atoms in total. The molecule has 1 aliphatic heterocycles. The number of rotatable bonds is 5. The first-order chi connectivity index (χ1) is 14.6. The minimum atomic E-state index is -2.69. The van der Waals surface area contributed by atoms with Crippen LogP contribution in [0, 0.1) is 12.3 Å². The van der Waals surface area contributed by atoms with Crippen molar-refractivity contribution in [3.63, 3.8) is 0 Å². The molecule has 1 aromatic carbocycles. The van der Waals surface area contributed by atoms with Crippen molar-refractivity contribution in [2.24, 2.45) is 0 Å². The van der Waals surface area contributed by atoms with E-state index >= 15 is 0 Å². The maximum absolute atomic E-state index is 12.7. The largest absolute Gasteiger partial charge is 0.480 e. The van der Waals surface area contributed by atoms with E-state index in [1.54, 1.807) is 29.2 Å². The van der Waals surface area contributed by atoms with Crippen LogP contribution < -0.4 is 15.4 Å². The summed E-state index contributed by atoms with van der Waals surface area (Å²) in [5, 5.41) is 5.55. The number of anilines is 2. The van der Waals surface area contributed by atoms with Gasteiger partial charge in [-0.25, -0.2) is 4.98 Å². The SMILES string of the molecule is [2H]C([2H])([2H])Oc1nc(NC2CCN(C(=O)c3ccc(NC(=O)C#C)cc3)C2)ncc1Cl. The van der Waals surface area contributed by atoms with Gasteiger partial charge in [0, 0.05) is 30.4 Å². The Balaban J connectivity index is 1.60. The van der Waals surface area contributed by atoms with Crippen LogP contribution in [-0.4, -0.2) is 52.9 Å². The lowest BCUT2D eigenvalue weighted by Crippen LogP contribution is -2.31. The lowest BCUT2D eigenvalue weighted by Gasteiger charge is -2.17. The van der Waals surface area contributed by atoms with Crippen molar-refractivity contribution in [3.05, 3.63) is 41.0 Å². The fourth-order valence-electron chi connectivity index (χ4n) is 2.78. The molecule has 28 heavy (non-hydrogen) atoms. The summed E-state index contributed by atoms with van der Waals surface area (Å²) in [4.78, 5) is 33.7. The van der Waals surface area contributed by atoms with Crippen LogP contribution in [0.4, 0.5) is 11.6 Å². The number of aromatic nitrogens is 2. The van der Waals surface area contributed by atoms with Crippen LogP contribution in [0.3, 0.4) is 0 Å². The Bertz CT molecular complexity index is 1020. The van der Waals surface area contributed by atoms with Crippen molar-refractivity contribution in [2.75, 3.05) is 30.8 Å². The van der Waals surface area contributed by atoms with Gasteiger partial charge in [0.2, 0.25) is 11.8 Å². The predicted molar refractivity (Wildman–Crippen MR) is 105 cm³/mol. The first kappa shape index (κ1) is 15.7. The van der Waals surface area contributed by atoms with E-state index in [1.807, 2.05) is 5.92 Å². The summed E-state index contributed by atoms with van der Waals surface area (Å²) in [6, 6.07) is 6.27. The number of halogens is 1. The molecule has 144 valence electrons. The number of carbonyl (C=O) groups excluding carboxylic acids is 2. The van der Waals surface area contributed by atoms with E-state index in [0.717, 1.165) is 0 Å². The van der Waals surface area contributed by atoms with Crippen LogP contribution in [0.25, 0.3) is 0 Å². The highest BCUT2D eigenvalue weighted by molar-refractivity contribution is 6.31. The van der Waals surface area contributed by atoms with Gasteiger partial charge in [-0.15, -0.1) is 6.42 Å². The van der Waals surface area contributed by atoms with E-state index in [1.165, 1.54) is 6.20 Å². The topological polar surface area (TPSA) is 96.5 Å². The number of carbonyl (C=O) groups is 2. The highest BCUT2D eigenvalue weighted by Gasteiger charge is 2.27. The van der Waals surface area contributed by atoms with Crippen molar-refractivity contribution < 1.29 is 18.4 Å². The van der Waals surface area contributed by atoms with Gasteiger partial charge >= 0.3 is 0 Å². The molecular weight excluding hydrogens is 382 g/mol. The molecule has 2 N–H and O–H groups in total. The minimum absolute atomic E-state index is 0.0215. The number of nitrogens with one attached hydrogen (secondary N) is 2. The lowest BCUT2D eigenvalue weighted by atomic mass is 10.2. The number of amides is 2. The summed E-state index contributed by atoms with van der Waals surface area (Å²) in [6.45, 7) is 0.911. The molecule has 2 aromatic rings. The molecule has 0 spiro atoms. The number of terminal acetylenes is 1. The van der Waals surface area contributed by atoms with Crippen molar-refractivity contribution in [3.8, 4) is 18.2 Å². The van der Waals surface area contributed by atoms with Crippen LogP contribution in [0.5, 0.6) is 5.88 Å². The lowest BCUT2D eigenvalue weighted by molar-refractivity contribution is -0.111. The molecule has 0 saturated carbocycles. The number of ether oxygens (including phenoxy) is 1. The number of benzene rings is 1. The predicted octanol–water partition coefficient (Wildman–Crippen LogP) is 2.04. The number of methoxy groups -OCH3 is 1.